The molecule has 24 heavy (non-hydrogen) atoms. The highest BCUT2D eigenvalue weighted by molar-refractivity contribution is 7.88. The molecule has 1 aliphatic rings. The molecule has 8 nitrogen and oxygen atoms in total. The summed E-state index contributed by atoms with van der Waals surface area (Å²) in [6.45, 7) is 0.995. The van der Waals surface area contributed by atoms with Crippen LogP contribution in [0.3, 0.4) is 0 Å². The van der Waals surface area contributed by atoms with Crippen LogP contribution in [0.25, 0.3) is 11.1 Å². The monoisotopic (exact) mass is 370 g/mol. The molecule has 0 aliphatic carbocycles. The summed E-state index contributed by atoms with van der Waals surface area (Å²) in [5, 5.41) is 7.71. The van der Waals surface area contributed by atoms with Crippen LogP contribution >= 0.6 is 11.6 Å². The lowest BCUT2D eigenvalue weighted by atomic mass is 10.1. The third-order valence-electron chi connectivity index (χ3n) is 4.04. The second-order valence-electron chi connectivity index (χ2n) is 5.88. The summed E-state index contributed by atoms with van der Waals surface area (Å²) < 4.78 is 26.4. The van der Waals surface area contributed by atoms with Crippen LogP contribution in [0.1, 0.15) is 12.8 Å². The molecule has 3 heterocycles. The maximum absolute atomic E-state index is 11.6. The molecule has 0 amide bonds. The van der Waals surface area contributed by atoms with Crippen molar-refractivity contribution in [2.24, 2.45) is 7.05 Å². The van der Waals surface area contributed by atoms with E-state index in [4.69, 9.17) is 11.6 Å². The lowest BCUT2D eigenvalue weighted by Gasteiger charge is -2.31. The Morgan fingerprint density at radius 1 is 1.29 bits per heavy atom. The number of piperidine rings is 1. The van der Waals surface area contributed by atoms with E-state index < -0.39 is 10.0 Å². The first-order valence-electron chi connectivity index (χ1n) is 7.56. The highest BCUT2D eigenvalue weighted by Crippen LogP contribution is 2.28. The Hall–Kier alpha value is -1.71. The van der Waals surface area contributed by atoms with Gasteiger partial charge in [0.2, 0.25) is 15.3 Å². The van der Waals surface area contributed by atoms with E-state index in [0.29, 0.717) is 31.7 Å². The highest BCUT2D eigenvalue weighted by atomic mass is 35.5. The van der Waals surface area contributed by atoms with Crippen LogP contribution in [-0.4, -0.2) is 57.9 Å². The molecule has 2 aromatic heterocycles. The number of anilines is 1. The van der Waals surface area contributed by atoms with Crippen LogP contribution < -0.4 is 5.32 Å². The summed E-state index contributed by atoms with van der Waals surface area (Å²) in [4.78, 5) is 8.35. The van der Waals surface area contributed by atoms with Crippen molar-refractivity contribution in [2.45, 2.75) is 18.9 Å². The van der Waals surface area contributed by atoms with Crippen molar-refractivity contribution >= 4 is 27.4 Å². The second kappa shape index (κ2) is 6.66. The number of nitrogens with zero attached hydrogens (tertiary/aromatic N) is 5. The molecule has 0 bridgehead atoms. The van der Waals surface area contributed by atoms with Gasteiger partial charge in [-0.15, -0.1) is 0 Å². The molecule has 0 atom stereocenters. The Morgan fingerprint density at radius 2 is 2.00 bits per heavy atom. The van der Waals surface area contributed by atoms with Gasteiger partial charge in [0.1, 0.15) is 5.82 Å². The number of aryl methyl sites for hydroxylation is 1. The largest absolute Gasteiger partial charge is 0.367 e. The molecule has 0 aromatic carbocycles. The quantitative estimate of drug-likeness (QED) is 0.817. The molecule has 3 rings (SSSR count). The van der Waals surface area contributed by atoms with Crippen LogP contribution in [0.2, 0.25) is 5.28 Å². The normalized spacial score (nSPS) is 17.1. The Balaban J connectivity index is 1.77. The lowest BCUT2D eigenvalue weighted by molar-refractivity contribution is 0.331. The number of halogens is 1. The zero-order chi connectivity index (χ0) is 17.3. The highest BCUT2D eigenvalue weighted by Gasteiger charge is 2.25. The molecule has 2 aromatic rings. The predicted octanol–water partition coefficient (Wildman–Crippen LogP) is 1.37. The maximum atomic E-state index is 11.6. The average molecular weight is 371 g/mol. The molecule has 0 saturated carbocycles. The zero-order valence-electron chi connectivity index (χ0n) is 13.5. The fourth-order valence-electron chi connectivity index (χ4n) is 2.77. The zero-order valence-corrected chi connectivity index (χ0v) is 15.0. The van der Waals surface area contributed by atoms with E-state index in [1.54, 1.807) is 17.1 Å². The van der Waals surface area contributed by atoms with Crippen LogP contribution in [-0.2, 0) is 17.1 Å². The fourth-order valence-corrected chi connectivity index (χ4v) is 3.77. The molecule has 130 valence electrons. The van der Waals surface area contributed by atoms with Gasteiger partial charge in [-0.1, -0.05) is 0 Å². The van der Waals surface area contributed by atoms with Crippen molar-refractivity contribution in [3.63, 3.8) is 0 Å². The first-order valence-corrected chi connectivity index (χ1v) is 9.79. The van der Waals surface area contributed by atoms with E-state index in [2.05, 4.69) is 20.4 Å². The van der Waals surface area contributed by atoms with Gasteiger partial charge >= 0.3 is 0 Å². The van der Waals surface area contributed by atoms with Gasteiger partial charge in [0.25, 0.3) is 0 Å². The first kappa shape index (κ1) is 17.1. The van der Waals surface area contributed by atoms with Gasteiger partial charge in [-0.05, 0) is 24.4 Å². The van der Waals surface area contributed by atoms with Crippen molar-refractivity contribution in [1.29, 1.82) is 0 Å². The molecule has 0 spiro atoms. The molecule has 1 saturated heterocycles. The molecular formula is C14H19ClN6O2S. The topological polar surface area (TPSA) is 93.0 Å². The van der Waals surface area contributed by atoms with E-state index in [-0.39, 0.29) is 11.3 Å². The number of nitrogens with one attached hydrogen (secondary N) is 1. The van der Waals surface area contributed by atoms with Crippen LogP contribution in [0, 0.1) is 0 Å². The summed E-state index contributed by atoms with van der Waals surface area (Å²) in [5.41, 5.74) is 1.71. The first-order chi connectivity index (χ1) is 11.3. The average Bonchev–Trinajstić information content (AvgIpc) is 2.93. The van der Waals surface area contributed by atoms with Crippen LogP contribution in [0.4, 0.5) is 5.82 Å². The summed E-state index contributed by atoms with van der Waals surface area (Å²) in [5.74, 6) is 0.640. The molecule has 1 fully saturated rings. The molecule has 10 heteroatoms. The number of rotatable bonds is 4. The van der Waals surface area contributed by atoms with Gasteiger partial charge in [0.15, 0.2) is 0 Å². The summed E-state index contributed by atoms with van der Waals surface area (Å²) in [6.07, 6.45) is 7.95. The van der Waals surface area contributed by atoms with E-state index >= 15 is 0 Å². The third-order valence-corrected chi connectivity index (χ3v) is 5.52. The maximum Gasteiger partial charge on any atom is 0.224 e. The van der Waals surface area contributed by atoms with Gasteiger partial charge < -0.3 is 5.32 Å². The van der Waals surface area contributed by atoms with E-state index in [0.717, 1.165) is 11.1 Å². The van der Waals surface area contributed by atoms with Crippen molar-refractivity contribution in [2.75, 3.05) is 24.7 Å². The van der Waals surface area contributed by atoms with Crippen LogP contribution in [0.5, 0.6) is 0 Å². The lowest BCUT2D eigenvalue weighted by Crippen LogP contribution is -2.42. The molecule has 1 N–H and O–H groups in total. The number of aromatic nitrogens is 4. The molecular weight excluding hydrogens is 352 g/mol. The van der Waals surface area contributed by atoms with Gasteiger partial charge in [0, 0.05) is 49.7 Å². The Bertz CT molecular complexity index is 830. The minimum Gasteiger partial charge on any atom is -0.367 e. The predicted molar refractivity (Wildman–Crippen MR) is 92.3 cm³/mol. The number of sulfonamides is 1. The summed E-state index contributed by atoms with van der Waals surface area (Å²) in [7, 11) is -1.29. The van der Waals surface area contributed by atoms with Gasteiger partial charge in [-0.3, -0.25) is 4.68 Å². The van der Waals surface area contributed by atoms with Gasteiger partial charge in [0.05, 0.1) is 12.5 Å². The summed E-state index contributed by atoms with van der Waals surface area (Å²) in [6, 6.07) is 0.129. The Morgan fingerprint density at radius 3 is 2.58 bits per heavy atom. The number of hydrogen-bond acceptors (Lipinski definition) is 6. The number of hydrogen-bond donors (Lipinski definition) is 1. The van der Waals surface area contributed by atoms with Crippen molar-refractivity contribution in [1.82, 2.24) is 24.1 Å². The van der Waals surface area contributed by atoms with Crippen molar-refractivity contribution in [3.05, 3.63) is 23.9 Å². The van der Waals surface area contributed by atoms with E-state index in [1.165, 1.54) is 10.6 Å². The van der Waals surface area contributed by atoms with Gasteiger partial charge in [-0.25, -0.2) is 22.7 Å². The third kappa shape index (κ3) is 3.85. The second-order valence-corrected chi connectivity index (χ2v) is 8.21. The van der Waals surface area contributed by atoms with Gasteiger partial charge in [-0.2, -0.15) is 5.10 Å². The minimum atomic E-state index is -3.13. The standard InChI is InChI=1S/C14H19ClN6O2S/c1-20-9-10(7-17-20)12-8-16-14(15)19-13(12)18-11-3-5-21(6-4-11)24(2,22)23/h7-9,11H,3-6H2,1-2H3,(H,16,18,19). The fraction of sp³-hybridized carbons (Fsp3) is 0.500. The van der Waals surface area contributed by atoms with E-state index in [9.17, 15) is 8.42 Å². The Kier molecular flexibility index (Phi) is 4.75. The Labute approximate surface area is 145 Å². The molecule has 0 unspecified atom stereocenters. The summed E-state index contributed by atoms with van der Waals surface area (Å²) >= 11 is 5.94. The van der Waals surface area contributed by atoms with E-state index in [1.807, 2.05) is 13.2 Å². The van der Waals surface area contributed by atoms with Crippen molar-refractivity contribution in [3.8, 4) is 11.1 Å². The SMILES string of the molecule is Cn1cc(-c2cnc(Cl)nc2NC2CCN(S(C)(=O)=O)CC2)cn1. The van der Waals surface area contributed by atoms with Crippen LogP contribution in [0.15, 0.2) is 18.6 Å². The molecule has 1 aliphatic heterocycles. The molecule has 0 radical (unpaired) electrons. The van der Waals surface area contributed by atoms with Crippen molar-refractivity contribution < 1.29 is 8.42 Å². The minimum absolute atomic E-state index is 0.129. The smallest absolute Gasteiger partial charge is 0.224 e.